The molecule has 0 bridgehead atoms. The Morgan fingerprint density at radius 3 is 2.58 bits per heavy atom. The number of nitrogens with zero attached hydrogens (tertiary/aromatic N) is 2. The normalized spacial score (nSPS) is 11.1. The summed E-state index contributed by atoms with van der Waals surface area (Å²) in [6.07, 6.45) is 0. The first-order valence-electron chi connectivity index (χ1n) is 5.87. The lowest BCUT2D eigenvalue weighted by Gasteiger charge is -2.08. The molecule has 7 heteroatoms. The largest absolute Gasteiger partial charge is 0.489 e. The Balaban J connectivity index is 2.75. The average Bonchev–Trinajstić information content (AvgIpc) is 2.35. The number of para-hydroxylation sites is 2. The van der Waals surface area contributed by atoms with Gasteiger partial charge in [0.1, 0.15) is 18.0 Å². The molecule has 0 spiro atoms. The first-order valence-corrected chi connectivity index (χ1v) is 5.87. The molecule has 7 nitrogen and oxygen atoms in total. The summed E-state index contributed by atoms with van der Waals surface area (Å²) in [6.45, 7) is 3.52. The molecule has 0 unspecified atom stereocenters. The van der Waals surface area contributed by atoms with E-state index in [2.05, 4.69) is 9.98 Å². The molecule has 1 aromatic carbocycles. The van der Waals surface area contributed by atoms with Crippen LogP contribution in [0.5, 0.6) is 5.75 Å². The fraction of sp³-hybridized carbons (Fsp3) is 0.333. The van der Waals surface area contributed by atoms with Crippen LogP contribution in [0.2, 0.25) is 0 Å². The number of rotatable bonds is 6. The molecule has 1 rings (SSSR count). The predicted octanol–water partition coefficient (Wildman–Crippen LogP) is 0.322. The van der Waals surface area contributed by atoms with Gasteiger partial charge in [-0.25, -0.2) is 4.99 Å². The SMILES string of the molecule is CCOCCOc1ccccc1N=C(N)N=C(N)N. The van der Waals surface area contributed by atoms with Crippen molar-refractivity contribution in [3.63, 3.8) is 0 Å². The Labute approximate surface area is 112 Å². The number of benzene rings is 1. The summed E-state index contributed by atoms with van der Waals surface area (Å²) in [4.78, 5) is 7.72. The van der Waals surface area contributed by atoms with Gasteiger partial charge in [-0.05, 0) is 19.1 Å². The van der Waals surface area contributed by atoms with Crippen LogP contribution in [0.1, 0.15) is 6.92 Å². The molecule has 0 saturated heterocycles. The van der Waals surface area contributed by atoms with E-state index in [1.807, 2.05) is 19.1 Å². The fourth-order valence-electron chi connectivity index (χ4n) is 1.31. The quantitative estimate of drug-likeness (QED) is 0.388. The summed E-state index contributed by atoms with van der Waals surface area (Å²) in [5.41, 5.74) is 16.6. The topological polar surface area (TPSA) is 121 Å². The van der Waals surface area contributed by atoms with Crippen molar-refractivity contribution in [2.45, 2.75) is 6.92 Å². The van der Waals surface area contributed by atoms with Gasteiger partial charge in [0.15, 0.2) is 5.96 Å². The molecule has 0 aromatic heterocycles. The highest BCUT2D eigenvalue weighted by molar-refractivity contribution is 5.93. The lowest BCUT2D eigenvalue weighted by atomic mass is 10.3. The van der Waals surface area contributed by atoms with Crippen molar-refractivity contribution in [3.8, 4) is 5.75 Å². The molecule has 0 radical (unpaired) electrons. The highest BCUT2D eigenvalue weighted by Gasteiger charge is 2.02. The number of ether oxygens (including phenoxy) is 2. The zero-order chi connectivity index (χ0) is 14.1. The first kappa shape index (κ1) is 14.8. The standard InChI is InChI=1S/C12H19N5O2/c1-2-18-7-8-19-10-6-4-3-5-9(10)16-12(15)17-11(13)14/h3-6H,2,7-8H2,1H3,(H6,13,14,15,16,17). The molecule has 0 heterocycles. The van der Waals surface area contributed by atoms with Crippen LogP contribution < -0.4 is 21.9 Å². The molecular weight excluding hydrogens is 246 g/mol. The first-order chi connectivity index (χ1) is 9.13. The maximum atomic E-state index is 5.57. The van der Waals surface area contributed by atoms with E-state index in [1.54, 1.807) is 12.1 Å². The minimum Gasteiger partial charge on any atom is -0.489 e. The van der Waals surface area contributed by atoms with Gasteiger partial charge in [-0.2, -0.15) is 4.99 Å². The van der Waals surface area contributed by atoms with Crippen LogP contribution in [-0.2, 0) is 4.74 Å². The Morgan fingerprint density at radius 2 is 1.89 bits per heavy atom. The van der Waals surface area contributed by atoms with Crippen molar-refractivity contribution in [1.29, 1.82) is 0 Å². The second-order valence-corrected chi connectivity index (χ2v) is 3.52. The highest BCUT2D eigenvalue weighted by Crippen LogP contribution is 2.26. The van der Waals surface area contributed by atoms with Gasteiger partial charge in [0, 0.05) is 6.61 Å². The molecule has 0 aliphatic rings. The zero-order valence-electron chi connectivity index (χ0n) is 10.9. The Hall–Kier alpha value is -2.28. The molecular formula is C12H19N5O2. The van der Waals surface area contributed by atoms with Crippen LogP contribution in [0.4, 0.5) is 5.69 Å². The van der Waals surface area contributed by atoms with Gasteiger partial charge in [-0.3, -0.25) is 0 Å². The minimum atomic E-state index is -0.143. The second-order valence-electron chi connectivity index (χ2n) is 3.52. The van der Waals surface area contributed by atoms with Crippen molar-refractivity contribution in [1.82, 2.24) is 0 Å². The summed E-state index contributed by atoms with van der Waals surface area (Å²) in [5, 5.41) is 0. The maximum absolute atomic E-state index is 5.57. The summed E-state index contributed by atoms with van der Waals surface area (Å²) in [7, 11) is 0. The Kier molecular flexibility index (Phi) is 6.17. The van der Waals surface area contributed by atoms with Gasteiger partial charge in [0.25, 0.3) is 0 Å². The molecule has 19 heavy (non-hydrogen) atoms. The molecule has 104 valence electrons. The highest BCUT2D eigenvalue weighted by atomic mass is 16.5. The van der Waals surface area contributed by atoms with E-state index in [0.717, 1.165) is 0 Å². The molecule has 6 N–H and O–H groups in total. The molecule has 0 aliphatic heterocycles. The van der Waals surface area contributed by atoms with Crippen molar-refractivity contribution in [2.24, 2.45) is 27.2 Å². The average molecular weight is 265 g/mol. The van der Waals surface area contributed by atoms with E-state index in [9.17, 15) is 0 Å². The predicted molar refractivity (Wildman–Crippen MR) is 75.5 cm³/mol. The van der Waals surface area contributed by atoms with Crippen LogP contribution in [0, 0.1) is 0 Å². The molecule has 0 atom stereocenters. The van der Waals surface area contributed by atoms with Crippen LogP contribution in [-0.4, -0.2) is 31.7 Å². The summed E-state index contributed by atoms with van der Waals surface area (Å²) < 4.78 is 10.7. The third-order valence-electron chi connectivity index (χ3n) is 2.03. The number of guanidine groups is 2. The van der Waals surface area contributed by atoms with Crippen molar-refractivity contribution in [2.75, 3.05) is 19.8 Å². The second kappa shape index (κ2) is 7.93. The number of nitrogens with two attached hydrogens (primary N) is 3. The maximum Gasteiger partial charge on any atom is 0.223 e. The van der Waals surface area contributed by atoms with E-state index in [4.69, 9.17) is 26.7 Å². The van der Waals surface area contributed by atoms with E-state index in [-0.39, 0.29) is 11.9 Å². The van der Waals surface area contributed by atoms with E-state index in [1.165, 1.54) is 0 Å². The van der Waals surface area contributed by atoms with Crippen LogP contribution in [0.15, 0.2) is 34.3 Å². The zero-order valence-corrected chi connectivity index (χ0v) is 10.9. The number of hydrogen-bond donors (Lipinski definition) is 3. The summed E-state index contributed by atoms with van der Waals surface area (Å²) in [6, 6.07) is 7.20. The Bertz CT molecular complexity index is 455. The van der Waals surface area contributed by atoms with Crippen LogP contribution in [0.3, 0.4) is 0 Å². The van der Waals surface area contributed by atoms with Gasteiger partial charge in [0.2, 0.25) is 5.96 Å². The van der Waals surface area contributed by atoms with E-state index in [0.29, 0.717) is 31.3 Å². The fourth-order valence-corrected chi connectivity index (χ4v) is 1.31. The molecule has 0 amide bonds. The number of hydrogen-bond acceptors (Lipinski definition) is 3. The smallest absolute Gasteiger partial charge is 0.223 e. The van der Waals surface area contributed by atoms with Crippen LogP contribution >= 0.6 is 0 Å². The molecule has 0 fully saturated rings. The summed E-state index contributed by atoms with van der Waals surface area (Å²) in [5.74, 6) is 0.424. The van der Waals surface area contributed by atoms with Crippen molar-refractivity contribution in [3.05, 3.63) is 24.3 Å². The molecule has 0 aliphatic carbocycles. The molecule has 1 aromatic rings. The van der Waals surface area contributed by atoms with E-state index < -0.39 is 0 Å². The summed E-state index contributed by atoms with van der Waals surface area (Å²) >= 11 is 0. The molecule has 0 saturated carbocycles. The minimum absolute atomic E-state index is 0.0270. The van der Waals surface area contributed by atoms with Gasteiger partial charge in [0.05, 0.1) is 6.61 Å². The van der Waals surface area contributed by atoms with Gasteiger partial charge < -0.3 is 26.7 Å². The van der Waals surface area contributed by atoms with E-state index >= 15 is 0 Å². The van der Waals surface area contributed by atoms with Gasteiger partial charge in [-0.15, -0.1) is 0 Å². The van der Waals surface area contributed by atoms with Gasteiger partial charge in [-0.1, -0.05) is 12.1 Å². The monoisotopic (exact) mass is 265 g/mol. The van der Waals surface area contributed by atoms with Gasteiger partial charge >= 0.3 is 0 Å². The lowest BCUT2D eigenvalue weighted by molar-refractivity contribution is 0.110. The van der Waals surface area contributed by atoms with Crippen molar-refractivity contribution < 1.29 is 9.47 Å². The van der Waals surface area contributed by atoms with Crippen molar-refractivity contribution >= 4 is 17.6 Å². The van der Waals surface area contributed by atoms with Crippen LogP contribution in [0.25, 0.3) is 0 Å². The lowest BCUT2D eigenvalue weighted by Crippen LogP contribution is -2.26. The number of aliphatic imine (C=N–C) groups is 2. The Morgan fingerprint density at radius 1 is 1.16 bits per heavy atom. The third kappa shape index (κ3) is 5.73. The third-order valence-corrected chi connectivity index (χ3v) is 2.03.